The smallest absolute Gasteiger partial charge is 0.266 e. The van der Waals surface area contributed by atoms with Gasteiger partial charge in [0.25, 0.3) is 11.5 Å². The lowest BCUT2D eigenvalue weighted by molar-refractivity contribution is -0.118. The fourth-order valence-corrected chi connectivity index (χ4v) is 4.55. The number of hydrogen-bond donors (Lipinski definition) is 1. The number of aromatic nitrogens is 2. The molecule has 0 unspecified atom stereocenters. The zero-order chi connectivity index (χ0) is 26.2. The van der Waals surface area contributed by atoms with Crippen molar-refractivity contribution in [3.63, 3.8) is 0 Å². The first-order valence-corrected chi connectivity index (χ1v) is 12.9. The molecule has 8 heteroatoms. The lowest BCUT2D eigenvalue weighted by Gasteiger charge is -2.12. The summed E-state index contributed by atoms with van der Waals surface area (Å²) in [5, 5.41) is 5.01. The van der Waals surface area contributed by atoms with Gasteiger partial charge in [-0.1, -0.05) is 72.4 Å². The molecular weight excluding hydrogens is 496 g/mol. The van der Waals surface area contributed by atoms with E-state index in [0.29, 0.717) is 28.4 Å². The van der Waals surface area contributed by atoms with Crippen LogP contribution in [0.15, 0.2) is 124 Å². The predicted octanol–water partition coefficient (Wildman–Crippen LogP) is 5.21. The average molecular weight is 521 g/mol. The van der Waals surface area contributed by atoms with Crippen LogP contribution in [0.5, 0.6) is 5.75 Å². The molecule has 0 spiro atoms. The summed E-state index contributed by atoms with van der Waals surface area (Å²) in [4.78, 5) is 30.4. The van der Waals surface area contributed by atoms with Crippen LogP contribution in [0.25, 0.3) is 16.6 Å². The van der Waals surface area contributed by atoms with Gasteiger partial charge in [-0.3, -0.25) is 14.2 Å². The van der Waals surface area contributed by atoms with Gasteiger partial charge in [-0.2, -0.15) is 5.10 Å². The van der Waals surface area contributed by atoms with Gasteiger partial charge in [0.05, 0.1) is 28.6 Å². The van der Waals surface area contributed by atoms with Gasteiger partial charge in [0.2, 0.25) is 0 Å². The quantitative estimate of drug-likeness (QED) is 0.125. The summed E-state index contributed by atoms with van der Waals surface area (Å²) in [5.41, 5.74) is 5.54. The number of ether oxygens (including phenoxy) is 1. The fourth-order valence-electron chi connectivity index (χ4n) is 3.75. The van der Waals surface area contributed by atoms with Crippen molar-refractivity contribution in [3.8, 4) is 11.4 Å². The Balaban J connectivity index is 1.21. The third-order valence-corrected chi connectivity index (χ3v) is 6.56. The number of hydrogen-bond acceptors (Lipinski definition) is 6. The van der Waals surface area contributed by atoms with E-state index in [1.807, 2.05) is 97.1 Å². The van der Waals surface area contributed by atoms with E-state index >= 15 is 0 Å². The Morgan fingerprint density at radius 3 is 2.34 bits per heavy atom. The lowest BCUT2D eigenvalue weighted by Crippen LogP contribution is -2.24. The third-order valence-electron chi connectivity index (χ3n) is 5.62. The molecule has 1 amide bonds. The first-order chi connectivity index (χ1) is 18.7. The summed E-state index contributed by atoms with van der Waals surface area (Å²) in [6.07, 6.45) is 1.57. The van der Waals surface area contributed by atoms with Crippen molar-refractivity contribution in [1.29, 1.82) is 0 Å². The molecule has 0 bridgehead atoms. The molecule has 1 heterocycles. The summed E-state index contributed by atoms with van der Waals surface area (Å²) < 4.78 is 7.33. The first kappa shape index (κ1) is 25.0. The minimum Gasteiger partial charge on any atom is -0.489 e. The second kappa shape index (κ2) is 12.0. The highest BCUT2D eigenvalue weighted by molar-refractivity contribution is 7.99. The SMILES string of the molecule is O=C(CSc1nc2ccccc2c(=O)n1-c1ccccc1)N/N=C\c1ccc(OCc2ccccc2)cc1. The second-order valence-electron chi connectivity index (χ2n) is 8.31. The summed E-state index contributed by atoms with van der Waals surface area (Å²) in [7, 11) is 0. The minimum atomic E-state index is -0.309. The second-order valence-corrected chi connectivity index (χ2v) is 9.26. The number of thioether (sulfide) groups is 1. The first-order valence-electron chi connectivity index (χ1n) is 12.0. The molecule has 4 aromatic carbocycles. The van der Waals surface area contributed by atoms with E-state index < -0.39 is 0 Å². The van der Waals surface area contributed by atoms with Gasteiger partial charge >= 0.3 is 0 Å². The van der Waals surface area contributed by atoms with Crippen molar-refractivity contribution in [2.45, 2.75) is 11.8 Å². The van der Waals surface area contributed by atoms with E-state index in [-0.39, 0.29) is 17.2 Å². The molecule has 0 aliphatic heterocycles. The van der Waals surface area contributed by atoms with Crippen LogP contribution in [-0.4, -0.2) is 27.4 Å². The molecule has 0 aliphatic carbocycles. The van der Waals surface area contributed by atoms with Crippen LogP contribution in [0.3, 0.4) is 0 Å². The number of fused-ring (bicyclic) bond motifs is 1. The molecule has 0 fully saturated rings. The highest BCUT2D eigenvalue weighted by atomic mass is 32.2. The minimum absolute atomic E-state index is 0.0429. The number of nitrogens with zero attached hydrogens (tertiary/aromatic N) is 3. The van der Waals surface area contributed by atoms with Crippen molar-refractivity contribution >= 4 is 34.8 Å². The molecule has 7 nitrogen and oxygen atoms in total. The number of hydrazone groups is 1. The molecule has 0 saturated carbocycles. The Bertz CT molecular complexity index is 1620. The zero-order valence-electron chi connectivity index (χ0n) is 20.4. The number of para-hydroxylation sites is 2. The number of carbonyl (C=O) groups excluding carboxylic acids is 1. The summed E-state index contributed by atoms with van der Waals surface area (Å²) in [5.74, 6) is 0.483. The normalized spacial score (nSPS) is 11.1. The molecule has 1 N–H and O–H groups in total. The molecule has 38 heavy (non-hydrogen) atoms. The number of carbonyl (C=O) groups is 1. The molecular formula is C30H24N4O3S. The van der Waals surface area contributed by atoms with Crippen LogP contribution < -0.4 is 15.7 Å². The average Bonchev–Trinajstić information content (AvgIpc) is 2.97. The Kier molecular flexibility index (Phi) is 7.91. The Labute approximate surface area is 223 Å². The Hall–Kier alpha value is -4.69. The van der Waals surface area contributed by atoms with E-state index in [2.05, 4.69) is 15.5 Å². The highest BCUT2D eigenvalue weighted by Crippen LogP contribution is 2.21. The molecule has 5 aromatic rings. The maximum absolute atomic E-state index is 13.2. The predicted molar refractivity (Wildman–Crippen MR) is 151 cm³/mol. The maximum Gasteiger partial charge on any atom is 0.266 e. The fraction of sp³-hybridized carbons (Fsp3) is 0.0667. The van der Waals surface area contributed by atoms with E-state index in [1.165, 1.54) is 16.3 Å². The van der Waals surface area contributed by atoms with Gasteiger partial charge in [0, 0.05) is 0 Å². The van der Waals surface area contributed by atoms with E-state index in [0.717, 1.165) is 16.9 Å². The number of nitrogens with one attached hydrogen (secondary N) is 1. The highest BCUT2D eigenvalue weighted by Gasteiger charge is 2.14. The molecule has 188 valence electrons. The van der Waals surface area contributed by atoms with Crippen LogP contribution in [0.1, 0.15) is 11.1 Å². The van der Waals surface area contributed by atoms with E-state index in [1.54, 1.807) is 18.3 Å². The zero-order valence-corrected chi connectivity index (χ0v) is 21.2. The van der Waals surface area contributed by atoms with Crippen LogP contribution in [0.2, 0.25) is 0 Å². The van der Waals surface area contributed by atoms with Crippen LogP contribution >= 0.6 is 11.8 Å². The molecule has 0 saturated heterocycles. The summed E-state index contributed by atoms with van der Waals surface area (Å²) in [6, 6.07) is 33.8. The topological polar surface area (TPSA) is 85.6 Å². The molecule has 0 atom stereocenters. The van der Waals surface area contributed by atoms with E-state index in [9.17, 15) is 9.59 Å². The molecule has 0 radical (unpaired) electrons. The molecule has 0 aliphatic rings. The van der Waals surface area contributed by atoms with Gasteiger partial charge in [-0.15, -0.1) is 0 Å². The maximum atomic E-state index is 13.2. The Morgan fingerprint density at radius 1 is 0.895 bits per heavy atom. The summed E-state index contributed by atoms with van der Waals surface area (Å²) >= 11 is 1.18. The van der Waals surface area contributed by atoms with Gasteiger partial charge in [0.1, 0.15) is 12.4 Å². The van der Waals surface area contributed by atoms with Crippen molar-refractivity contribution in [1.82, 2.24) is 15.0 Å². The van der Waals surface area contributed by atoms with Gasteiger partial charge < -0.3 is 4.74 Å². The van der Waals surface area contributed by atoms with Gasteiger partial charge in [0.15, 0.2) is 5.16 Å². The van der Waals surface area contributed by atoms with Crippen molar-refractivity contribution in [3.05, 3.63) is 131 Å². The standard InChI is InChI=1S/C30H24N4O3S/c35-28(33-31-19-22-15-17-25(18-16-22)37-20-23-9-3-1-4-10-23)21-38-30-32-27-14-8-7-13-26(27)29(36)34(30)24-11-5-2-6-12-24/h1-19H,20-21H2,(H,33,35)/b31-19-. The number of benzene rings is 4. The molecule has 1 aromatic heterocycles. The van der Waals surface area contributed by atoms with Crippen LogP contribution in [-0.2, 0) is 11.4 Å². The summed E-state index contributed by atoms with van der Waals surface area (Å²) in [6.45, 7) is 0.492. The number of rotatable bonds is 9. The third kappa shape index (κ3) is 6.16. The van der Waals surface area contributed by atoms with Crippen molar-refractivity contribution < 1.29 is 9.53 Å². The monoisotopic (exact) mass is 520 g/mol. The molecule has 5 rings (SSSR count). The van der Waals surface area contributed by atoms with Crippen molar-refractivity contribution in [2.75, 3.05) is 5.75 Å². The van der Waals surface area contributed by atoms with Gasteiger partial charge in [-0.05, 0) is 59.7 Å². The van der Waals surface area contributed by atoms with Crippen LogP contribution in [0, 0.1) is 0 Å². The largest absolute Gasteiger partial charge is 0.489 e. The van der Waals surface area contributed by atoms with E-state index in [4.69, 9.17) is 4.74 Å². The number of amides is 1. The Morgan fingerprint density at radius 2 is 1.58 bits per heavy atom. The van der Waals surface area contributed by atoms with Crippen LogP contribution in [0.4, 0.5) is 0 Å². The van der Waals surface area contributed by atoms with Crippen molar-refractivity contribution in [2.24, 2.45) is 5.10 Å². The lowest BCUT2D eigenvalue weighted by atomic mass is 10.2. The van der Waals surface area contributed by atoms with Gasteiger partial charge in [-0.25, -0.2) is 10.4 Å².